The van der Waals surface area contributed by atoms with Gasteiger partial charge in [-0.05, 0) is 12.8 Å². The third-order valence-electron chi connectivity index (χ3n) is 3.12. The van der Waals surface area contributed by atoms with Crippen LogP contribution in [0, 0.1) is 12.8 Å². The largest absolute Gasteiger partial charge is 0.506 e. The minimum absolute atomic E-state index is 0. The van der Waals surface area contributed by atoms with Gasteiger partial charge in [0.1, 0.15) is 5.75 Å². The molecule has 0 aliphatic heterocycles. The van der Waals surface area contributed by atoms with Gasteiger partial charge in [-0.3, -0.25) is 4.98 Å². The molecule has 4 nitrogen and oxygen atoms in total. The second-order valence-corrected chi connectivity index (χ2v) is 4.20. The predicted octanol–water partition coefficient (Wildman–Crippen LogP) is 2.06. The third kappa shape index (κ3) is 3.31. The van der Waals surface area contributed by atoms with E-state index in [0.717, 1.165) is 6.42 Å². The highest BCUT2D eigenvalue weighted by Crippen LogP contribution is 2.33. The van der Waals surface area contributed by atoms with Crippen LogP contribution in [0.25, 0.3) is 0 Å². The van der Waals surface area contributed by atoms with Crippen molar-refractivity contribution in [2.75, 3.05) is 0 Å². The smallest absolute Gasteiger partial charge is 0.141 e. The number of aromatic hydroxyl groups is 1. The Balaban J connectivity index is 0.00000256. The lowest BCUT2D eigenvalue weighted by Crippen LogP contribution is -2.21. The first-order chi connectivity index (χ1) is 7.52. The molecule has 1 rings (SSSR count). The molecule has 17 heavy (non-hydrogen) atoms. The summed E-state index contributed by atoms with van der Waals surface area (Å²) in [7, 11) is 0. The predicted molar refractivity (Wildman–Crippen MR) is 70.2 cm³/mol. The number of hydrogen-bond acceptors (Lipinski definition) is 4. The number of hydrogen-bond donors (Lipinski definition) is 3. The highest BCUT2D eigenvalue weighted by molar-refractivity contribution is 5.85. The monoisotopic (exact) mass is 260 g/mol. The fraction of sp³-hybridized carbons (Fsp3) is 0.583. The van der Waals surface area contributed by atoms with E-state index in [2.05, 4.69) is 4.98 Å². The first kappa shape index (κ1) is 16.2. The Morgan fingerprint density at radius 1 is 1.47 bits per heavy atom. The van der Waals surface area contributed by atoms with Gasteiger partial charge >= 0.3 is 0 Å². The van der Waals surface area contributed by atoms with Crippen molar-refractivity contribution in [1.29, 1.82) is 0 Å². The Morgan fingerprint density at radius 2 is 2.06 bits per heavy atom. The lowest BCUT2D eigenvalue weighted by Gasteiger charge is -2.22. The van der Waals surface area contributed by atoms with Gasteiger partial charge in [0, 0.05) is 23.4 Å². The van der Waals surface area contributed by atoms with Crippen LogP contribution >= 0.6 is 12.4 Å². The van der Waals surface area contributed by atoms with Crippen LogP contribution in [0.3, 0.4) is 0 Å². The number of nitrogens with zero attached hydrogens (tertiary/aromatic N) is 1. The average Bonchev–Trinajstić information content (AvgIpc) is 2.30. The second kappa shape index (κ2) is 6.79. The maximum absolute atomic E-state index is 9.97. The molecule has 0 aliphatic rings. The van der Waals surface area contributed by atoms with Crippen molar-refractivity contribution in [3.63, 3.8) is 0 Å². The minimum Gasteiger partial charge on any atom is -0.506 e. The maximum atomic E-state index is 9.97. The minimum atomic E-state index is -0.270. The summed E-state index contributed by atoms with van der Waals surface area (Å²) in [5.41, 5.74) is 7.88. The zero-order valence-corrected chi connectivity index (χ0v) is 11.3. The van der Waals surface area contributed by atoms with E-state index in [-0.39, 0.29) is 36.7 Å². The highest BCUT2D eigenvalue weighted by atomic mass is 35.5. The summed E-state index contributed by atoms with van der Waals surface area (Å²) in [5.74, 6) is 0.359. The topological polar surface area (TPSA) is 79.4 Å². The van der Waals surface area contributed by atoms with Crippen LogP contribution < -0.4 is 5.73 Å². The number of pyridine rings is 1. The molecule has 0 aliphatic carbocycles. The van der Waals surface area contributed by atoms with Crippen molar-refractivity contribution in [2.24, 2.45) is 11.7 Å². The maximum Gasteiger partial charge on any atom is 0.141 e. The number of nitrogens with two attached hydrogens (primary N) is 1. The molecular weight excluding hydrogens is 240 g/mol. The van der Waals surface area contributed by atoms with Gasteiger partial charge in [0.2, 0.25) is 0 Å². The Hall–Kier alpha value is -0.840. The van der Waals surface area contributed by atoms with Crippen molar-refractivity contribution >= 4 is 12.4 Å². The Kier molecular flexibility index (Phi) is 6.45. The third-order valence-corrected chi connectivity index (χ3v) is 3.12. The lowest BCUT2D eigenvalue weighted by atomic mass is 9.90. The van der Waals surface area contributed by atoms with Crippen LogP contribution in [0.1, 0.15) is 43.1 Å². The van der Waals surface area contributed by atoms with E-state index in [4.69, 9.17) is 5.73 Å². The molecule has 1 aromatic rings. The standard InChI is InChI=1S/C12H20N2O2.ClH/c1-4-7(2)11(13)10-9(6-15)5-14-8(3)12(10)16;/h5,7,11,15-16H,4,6,13H2,1-3H3;1H/t7?,11-;/m0./s1. The number of rotatable bonds is 4. The van der Waals surface area contributed by atoms with Gasteiger partial charge < -0.3 is 15.9 Å². The van der Waals surface area contributed by atoms with Crippen LogP contribution in [0.4, 0.5) is 0 Å². The number of aromatic nitrogens is 1. The molecule has 4 N–H and O–H groups in total. The number of aliphatic hydroxyl groups is 1. The summed E-state index contributed by atoms with van der Waals surface area (Å²) in [5, 5.41) is 19.2. The van der Waals surface area contributed by atoms with Crippen molar-refractivity contribution in [1.82, 2.24) is 4.98 Å². The second-order valence-electron chi connectivity index (χ2n) is 4.20. The van der Waals surface area contributed by atoms with Crippen LogP contribution in [0.2, 0.25) is 0 Å². The molecule has 2 atom stereocenters. The fourth-order valence-electron chi connectivity index (χ4n) is 1.69. The summed E-state index contributed by atoms with van der Waals surface area (Å²) in [6, 6.07) is -0.270. The number of aliphatic hydroxyl groups excluding tert-OH is 1. The van der Waals surface area contributed by atoms with Gasteiger partial charge in [-0.15, -0.1) is 12.4 Å². The molecule has 0 amide bonds. The van der Waals surface area contributed by atoms with E-state index < -0.39 is 0 Å². The summed E-state index contributed by atoms with van der Waals surface area (Å²) < 4.78 is 0. The Labute approximate surface area is 108 Å². The molecule has 0 saturated carbocycles. The van der Waals surface area contributed by atoms with Crippen molar-refractivity contribution in [3.8, 4) is 5.75 Å². The van der Waals surface area contributed by atoms with E-state index in [1.807, 2.05) is 13.8 Å². The zero-order valence-electron chi connectivity index (χ0n) is 10.5. The summed E-state index contributed by atoms with van der Waals surface area (Å²) in [6.45, 7) is 5.65. The Morgan fingerprint density at radius 3 is 2.53 bits per heavy atom. The van der Waals surface area contributed by atoms with E-state index in [9.17, 15) is 10.2 Å². The first-order valence-electron chi connectivity index (χ1n) is 5.56. The van der Waals surface area contributed by atoms with Gasteiger partial charge in [-0.25, -0.2) is 0 Å². The SMILES string of the molecule is CCC(C)[C@H](N)c1c(CO)cnc(C)c1O.Cl. The van der Waals surface area contributed by atoms with E-state index >= 15 is 0 Å². The molecule has 1 heterocycles. The molecule has 0 fully saturated rings. The summed E-state index contributed by atoms with van der Waals surface area (Å²) in [6.07, 6.45) is 2.50. The van der Waals surface area contributed by atoms with Crippen molar-refractivity contribution in [2.45, 2.75) is 39.8 Å². The van der Waals surface area contributed by atoms with Crippen LogP contribution in [0.15, 0.2) is 6.20 Å². The molecule has 0 radical (unpaired) electrons. The average molecular weight is 261 g/mol. The first-order valence-corrected chi connectivity index (χ1v) is 5.56. The van der Waals surface area contributed by atoms with Crippen molar-refractivity contribution < 1.29 is 10.2 Å². The van der Waals surface area contributed by atoms with Gasteiger partial charge in [0.15, 0.2) is 0 Å². The molecule has 0 aromatic carbocycles. The molecule has 0 spiro atoms. The van der Waals surface area contributed by atoms with Crippen LogP contribution in [-0.2, 0) is 6.61 Å². The summed E-state index contributed by atoms with van der Waals surface area (Å²) in [4.78, 5) is 4.01. The molecule has 1 aromatic heterocycles. The van der Waals surface area contributed by atoms with E-state index in [1.165, 1.54) is 0 Å². The molecular formula is C12H21ClN2O2. The quantitative estimate of drug-likeness (QED) is 0.774. The fourth-order valence-corrected chi connectivity index (χ4v) is 1.69. The van der Waals surface area contributed by atoms with Gasteiger partial charge in [-0.2, -0.15) is 0 Å². The molecule has 5 heteroatoms. The van der Waals surface area contributed by atoms with E-state index in [0.29, 0.717) is 16.8 Å². The molecule has 1 unspecified atom stereocenters. The van der Waals surface area contributed by atoms with Gasteiger partial charge in [0.25, 0.3) is 0 Å². The Bertz CT molecular complexity index is 372. The molecule has 0 saturated heterocycles. The molecule has 0 bridgehead atoms. The zero-order chi connectivity index (χ0) is 12.3. The summed E-state index contributed by atoms with van der Waals surface area (Å²) >= 11 is 0. The molecule has 98 valence electrons. The number of aryl methyl sites for hydroxylation is 1. The highest BCUT2D eigenvalue weighted by Gasteiger charge is 2.21. The normalized spacial score (nSPS) is 13.9. The van der Waals surface area contributed by atoms with Gasteiger partial charge in [-0.1, -0.05) is 20.3 Å². The van der Waals surface area contributed by atoms with Crippen LogP contribution in [-0.4, -0.2) is 15.2 Å². The van der Waals surface area contributed by atoms with Gasteiger partial charge in [0.05, 0.1) is 12.3 Å². The lowest BCUT2D eigenvalue weighted by molar-refractivity contribution is 0.276. The number of halogens is 1. The van der Waals surface area contributed by atoms with E-state index in [1.54, 1.807) is 13.1 Å². The van der Waals surface area contributed by atoms with Crippen molar-refractivity contribution in [3.05, 3.63) is 23.0 Å². The van der Waals surface area contributed by atoms with Crippen LogP contribution in [0.5, 0.6) is 5.75 Å².